The second-order valence-corrected chi connectivity index (χ2v) is 22.2. The Balaban J connectivity index is 0.721. The summed E-state index contributed by atoms with van der Waals surface area (Å²) in [6, 6.07) is 8.31. The van der Waals surface area contributed by atoms with Crippen LogP contribution in [0.1, 0.15) is 95.1 Å². The van der Waals surface area contributed by atoms with Crippen molar-refractivity contribution < 1.29 is 46.5 Å². The molecule has 72 heavy (non-hydrogen) atoms. The maximum atomic E-state index is 17.1. The topological polar surface area (TPSA) is 147 Å². The van der Waals surface area contributed by atoms with Gasteiger partial charge in [-0.3, -0.25) is 24.8 Å². The monoisotopic (exact) mass is 996 g/mol. The third-order valence-corrected chi connectivity index (χ3v) is 16.6. The van der Waals surface area contributed by atoms with Gasteiger partial charge in [0.05, 0.1) is 23.5 Å². The van der Waals surface area contributed by atoms with Crippen LogP contribution in [-0.2, 0) is 16.0 Å². The minimum absolute atomic E-state index is 0.00245. The van der Waals surface area contributed by atoms with Gasteiger partial charge in [-0.05, 0) is 123 Å². The number of benzene rings is 3. The molecule has 18 heteroatoms. The molecule has 6 heterocycles. The Morgan fingerprint density at radius 2 is 1.57 bits per heavy atom. The van der Waals surface area contributed by atoms with Crippen LogP contribution >= 0.6 is 0 Å². The number of aromatic hydroxyl groups is 1. The second-order valence-electron chi connectivity index (χ2n) is 22.2. The number of nitrogens with one attached hydrogen (secondary N) is 1. The van der Waals surface area contributed by atoms with E-state index in [1.54, 1.807) is 13.0 Å². The second kappa shape index (κ2) is 18.3. The van der Waals surface area contributed by atoms with E-state index >= 15 is 22.0 Å². The normalized spacial score (nSPS) is 24.2. The van der Waals surface area contributed by atoms with Crippen molar-refractivity contribution in [2.45, 2.75) is 102 Å². The van der Waals surface area contributed by atoms with E-state index < -0.39 is 52.3 Å². The average molecular weight is 997 g/mol. The number of nitrogens with zero attached hydrogens (tertiary/aromatic N) is 7. The molecule has 4 saturated heterocycles. The van der Waals surface area contributed by atoms with Crippen molar-refractivity contribution in [2.24, 2.45) is 10.8 Å². The predicted octanol–water partition coefficient (Wildman–Crippen LogP) is 8.11. The molecular formula is C54H61F5N8O5. The first kappa shape index (κ1) is 48.5. The number of hydrogen-bond acceptors (Lipinski definition) is 12. The number of rotatable bonds is 12. The summed E-state index contributed by atoms with van der Waals surface area (Å²) in [4.78, 5) is 46.3. The highest BCUT2D eigenvalue weighted by molar-refractivity contribution is 6.02. The number of phenolic OH excluding ortho intramolecular Hbond substituents is 1. The number of hydrogen-bond donors (Lipinski definition) is 3. The van der Waals surface area contributed by atoms with Gasteiger partial charge < -0.3 is 29.6 Å². The molecule has 0 bridgehead atoms. The lowest BCUT2D eigenvalue weighted by molar-refractivity contribution is -0.134. The molecule has 6 fully saturated rings. The third-order valence-electron chi connectivity index (χ3n) is 16.6. The van der Waals surface area contributed by atoms with Crippen molar-refractivity contribution in [3.8, 4) is 23.0 Å². The van der Waals surface area contributed by atoms with Crippen LogP contribution in [0, 0.1) is 34.1 Å². The number of piperazine rings is 1. The van der Waals surface area contributed by atoms with Crippen molar-refractivity contribution in [3.05, 3.63) is 77.0 Å². The van der Waals surface area contributed by atoms with Crippen molar-refractivity contribution in [1.29, 1.82) is 0 Å². The number of imide groups is 1. The van der Waals surface area contributed by atoms with Gasteiger partial charge in [-0.15, -0.1) is 0 Å². The van der Waals surface area contributed by atoms with E-state index in [2.05, 4.69) is 25.1 Å². The number of β-amino-alcohol motifs (C(OH)–C–C–N with tert-alkyl or cyclic N) is 1. The molecular weight excluding hydrogens is 936 g/mol. The van der Waals surface area contributed by atoms with Crippen molar-refractivity contribution >= 4 is 45.0 Å². The molecule has 2 aromatic heterocycles. The molecule has 0 radical (unpaired) electrons. The number of pyridine rings is 1. The molecule has 2 atom stereocenters. The Hall–Kier alpha value is -5.72. The summed E-state index contributed by atoms with van der Waals surface area (Å²) in [5.74, 6) is -4.74. The van der Waals surface area contributed by atoms with Gasteiger partial charge in [-0.25, -0.2) is 22.0 Å². The molecule has 4 aliphatic heterocycles. The largest absolute Gasteiger partial charge is 0.508 e. The number of phenols is 1. The lowest BCUT2D eigenvalue weighted by atomic mass is 9.64. The first-order valence-corrected chi connectivity index (χ1v) is 25.5. The van der Waals surface area contributed by atoms with Crippen LogP contribution in [0.3, 0.4) is 0 Å². The molecule has 2 saturated carbocycles. The van der Waals surface area contributed by atoms with E-state index in [9.17, 15) is 19.8 Å². The Labute approximate surface area is 414 Å². The highest BCUT2D eigenvalue weighted by atomic mass is 19.2. The summed E-state index contributed by atoms with van der Waals surface area (Å²) in [6.07, 6.45) is 7.59. The number of ether oxygens (including phenoxy) is 1. The number of aryl methyl sites for hydroxylation is 1. The zero-order valence-electron chi connectivity index (χ0n) is 40.8. The fraction of sp³-hybridized carbons (Fsp3) is 0.537. The zero-order chi connectivity index (χ0) is 50.3. The number of amides is 2. The summed E-state index contributed by atoms with van der Waals surface area (Å²) < 4.78 is 85.8. The van der Waals surface area contributed by atoms with Gasteiger partial charge in [-0.1, -0.05) is 13.0 Å². The van der Waals surface area contributed by atoms with Crippen LogP contribution < -0.4 is 19.9 Å². The maximum Gasteiger partial charge on any atom is 0.319 e. The van der Waals surface area contributed by atoms with Gasteiger partial charge in [0.15, 0.2) is 5.82 Å². The van der Waals surface area contributed by atoms with Gasteiger partial charge in [0.2, 0.25) is 11.8 Å². The van der Waals surface area contributed by atoms with Crippen LogP contribution in [0.2, 0.25) is 0 Å². The number of halogens is 5. The predicted molar refractivity (Wildman–Crippen MR) is 262 cm³/mol. The summed E-state index contributed by atoms with van der Waals surface area (Å²) in [7, 11) is 0. The average Bonchev–Trinajstić information content (AvgIpc) is 4.10. The van der Waals surface area contributed by atoms with E-state index in [4.69, 9.17) is 9.72 Å². The number of fused-ring (bicyclic) bond motifs is 2. The number of likely N-dealkylation sites (tertiary alicyclic amines) is 1. The van der Waals surface area contributed by atoms with Crippen LogP contribution in [0.25, 0.3) is 32.9 Å². The smallest absolute Gasteiger partial charge is 0.319 e. The quantitative estimate of drug-likeness (QED) is 0.0820. The first-order chi connectivity index (χ1) is 34.4. The molecule has 3 aromatic carbocycles. The fourth-order valence-corrected chi connectivity index (χ4v) is 12.5. The number of alkyl halides is 1. The Bertz CT molecular complexity index is 2940. The summed E-state index contributed by atoms with van der Waals surface area (Å²) in [5, 5.41) is 25.3. The molecule has 6 aliphatic rings. The molecule has 11 rings (SSSR count). The van der Waals surface area contributed by atoms with Gasteiger partial charge in [0, 0.05) is 100 Å². The number of aromatic nitrogens is 3. The number of aliphatic hydroxyl groups is 1. The standard InChI is InChI=1S/C54H61F5N8O5/c1-3-35-39(55)7-5-32-21-34(68)24-37(43(32)35)46-45(58)47-38(25-60-46)48(67-16-4-9-51(2,71)26-67)63-50(62-47)72-31-53(10-11-53)29-65-27-52(28-65)12-14-54(59,15-13-52)30-64-17-19-66(20-18-64)33-22-40(56)44(41(57)23-33)36-6-8-42(69)61-49(36)70/h5,7,21-25,36,68,71H,3-4,6,8-20,26-31H2,1-2H3,(H,61,69,70)/t36?,51-/m1/s1. The Morgan fingerprint density at radius 1 is 0.833 bits per heavy atom. The van der Waals surface area contributed by atoms with E-state index in [0.29, 0.717) is 111 Å². The number of carbonyl (C=O) groups is 2. The minimum Gasteiger partial charge on any atom is -0.508 e. The van der Waals surface area contributed by atoms with Gasteiger partial charge in [-0.2, -0.15) is 9.97 Å². The van der Waals surface area contributed by atoms with Crippen LogP contribution in [0.4, 0.5) is 33.5 Å². The van der Waals surface area contributed by atoms with E-state index in [-0.39, 0.29) is 64.3 Å². The number of piperidine rings is 2. The third kappa shape index (κ3) is 9.31. The Morgan fingerprint density at radius 3 is 2.25 bits per heavy atom. The summed E-state index contributed by atoms with van der Waals surface area (Å²) in [6.45, 7) is 9.63. The molecule has 2 amide bonds. The van der Waals surface area contributed by atoms with E-state index in [1.807, 2.05) is 16.7 Å². The van der Waals surface area contributed by atoms with Gasteiger partial charge >= 0.3 is 6.01 Å². The van der Waals surface area contributed by atoms with Crippen LogP contribution in [0.5, 0.6) is 11.8 Å². The molecule has 2 aliphatic carbocycles. The van der Waals surface area contributed by atoms with Crippen molar-refractivity contribution in [1.82, 2.24) is 30.1 Å². The van der Waals surface area contributed by atoms with Crippen molar-refractivity contribution in [2.75, 3.05) is 81.9 Å². The van der Waals surface area contributed by atoms with Gasteiger partial charge in [0.1, 0.15) is 45.9 Å². The molecule has 1 unspecified atom stereocenters. The lowest BCUT2D eigenvalue weighted by Crippen LogP contribution is -2.61. The maximum absolute atomic E-state index is 17.1. The number of carbonyl (C=O) groups excluding carboxylic acids is 2. The lowest BCUT2D eigenvalue weighted by Gasteiger charge is -2.55. The highest BCUT2D eigenvalue weighted by Gasteiger charge is 2.54. The first-order valence-electron chi connectivity index (χ1n) is 25.5. The van der Waals surface area contributed by atoms with Gasteiger partial charge in [0.25, 0.3) is 0 Å². The minimum atomic E-state index is -1.33. The number of anilines is 2. The van der Waals surface area contributed by atoms with Crippen molar-refractivity contribution in [3.63, 3.8) is 0 Å². The highest BCUT2D eigenvalue weighted by Crippen LogP contribution is 2.53. The zero-order valence-corrected chi connectivity index (χ0v) is 40.8. The van der Waals surface area contributed by atoms with Crippen LogP contribution in [-0.4, -0.2) is 130 Å². The molecule has 1 spiro atoms. The summed E-state index contributed by atoms with van der Waals surface area (Å²) >= 11 is 0. The van der Waals surface area contributed by atoms with E-state index in [1.165, 1.54) is 36.5 Å². The molecule has 3 N–H and O–H groups in total. The molecule has 382 valence electrons. The summed E-state index contributed by atoms with van der Waals surface area (Å²) in [5.41, 5.74) is -1.85. The molecule has 5 aromatic rings. The fourth-order valence-electron chi connectivity index (χ4n) is 12.5. The van der Waals surface area contributed by atoms with E-state index in [0.717, 1.165) is 45.3 Å². The Kier molecular flexibility index (Phi) is 12.4. The van der Waals surface area contributed by atoms with Crippen LogP contribution in [0.15, 0.2) is 42.6 Å². The molecule has 13 nitrogen and oxygen atoms in total. The SMILES string of the molecule is CCc1c(F)ccc2cc(O)cc(-c3ncc4c(N5CCC[C@@](C)(O)C5)nc(OCC5(CN6CC7(CCC(F)(CN8CCN(c9cc(F)c(C%10CCC(=O)NC%10=O)c(F)c9)CC8)CC7)C6)CC5)nc4c3F)c12.